The average Bonchev–Trinajstić information content (AvgIpc) is 3.69. The van der Waals surface area contributed by atoms with E-state index < -0.39 is 30.6 Å². The lowest BCUT2D eigenvalue weighted by Gasteiger charge is -2.15. The highest BCUT2D eigenvalue weighted by molar-refractivity contribution is 6.31. The molecule has 4 heterocycles. The molecule has 0 spiro atoms. The molecular weight excluding hydrogens is 577 g/mol. The zero-order valence-corrected chi connectivity index (χ0v) is 21.7. The Bertz CT molecular complexity index is 1670. The van der Waals surface area contributed by atoms with E-state index in [4.69, 9.17) is 11.6 Å². The average molecular weight is 597 g/mol. The van der Waals surface area contributed by atoms with E-state index in [1.54, 1.807) is 17.7 Å². The molecule has 0 fully saturated rings. The van der Waals surface area contributed by atoms with E-state index in [9.17, 15) is 22.8 Å². The minimum atomic E-state index is -3.00. The van der Waals surface area contributed by atoms with Crippen molar-refractivity contribution in [2.75, 3.05) is 6.61 Å². The minimum absolute atomic E-state index is 0.0291. The number of hydrogen-bond acceptors (Lipinski definition) is 7. The summed E-state index contributed by atoms with van der Waals surface area (Å²) in [6.07, 6.45) is 3.77. The molecule has 1 atom stereocenters. The Kier molecular flexibility index (Phi) is 7.94. The van der Waals surface area contributed by atoms with Gasteiger partial charge in [-0.15, -0.1) is 15.3 Å². The van der Waals surface area contributed by atoms with Crippen LogP contribution in [0.25, 0.3) is 22.5 Å². The SMILES string of the molecule is Cc1nncn1-c1cnn([C@H](CCOC(F)F)c2ccc(-c3c(-n4cc(C(F)F)nn4)ccc(Cl)c3F)c[n+]2O)c1. The maximum Gasteiger partial charge on any atom is 0.345 e. The Morgan fingerprint density at radius 1 is 1.10 bits per heavy atom. The monoisotopic (exact) mass is 596 g/mol. The first kappa shape index (κ1) is 28.1. The predicted molar refractivity (Wildman–Crippen MR) is 131 cm³/mol. The van der Waals surface area contributed by atoms with E-state index in [0.29, 0.717) is 16.2 Å². The van der Waals surface area contributed by atoms with E-state index >= 15 is 4.39 Å². The minimum Gasteiger partial charge on any atom is -0.323 e. The molecule has 0 aliphatic rings. The molecule has 0 radical (unpaired) electrons. The molecule has 4 aromatic heterocycles. The van der Waals surface area contributed by atoms with Gasteiger partial charge in [0.25, 0.3) is 12.1 Å². The zero-order chi connectivity index (χ0) is 29.3. The van der Waals surface area contributed by atoms with Crippen LogP contribution >= 0.6 is 11.6 Å². The molecule has 1 aromatic carbocycles. The van der Waals surface area contributed by atoms with Crippen molar-refractivity contribution >= 4 is 11.6 Å². The van der Waals surface area contributed by atoms with Crippen molar-refractivity contribution in [3.8, 4) is 22.5 Å². The van der Waals surface area contributed by atoms with Gasteiger partial charge >= 0.3 is 6.61 Å². The van der Waals surface area contributed by atoms with Gasteiger partial charge in [0.05, 0.1) is 52.7 Å². The van der Waals surface area contributed by atoms with Crippen molar-refractivity contribution in [1.29, 1.82) is 0 Å². The second-order valence-corrected chi connectivity index (χ2v) is 9.10. The maximum atomic E-state index is 15.3. The van der Waals surface area contributed by atoms with Gasteiger partial charge in [-0.2, -0.15) is 13.9 Å². The second kappa shape index (κ2) is 11.6. The third-order valence-corrected chi connectivity index (χ3v) is 6.47. The van der Waals surface area contributed by atoms with Crippen molar-refractivity contribution < 1.29 is 36.6 Å². The van der Waals surface area contributed by atoms with Crippen molar-refractivity contribution in [1.82, 2.24) is 39.5 Å². The van der Waals surface area contributed by atoms with Crippen LogP contribution in [-0.4, -0.2) is 58.0 Å². The maximum absolute atomic E-state index is 15.3. The number of alkyl halides is 4. The van der Waals surface area contributed by atoms with Crippen LogP contribution in [0.5, 0.6) is 0 Å². The van der Waals surface area contributed by atoms with Crippen molar-refractivity contribution in [2.24, 2.45) is 0 Å². The molecule has 0 saturated carbocycles. The summed E-state index contributed by atoms with van der Waals surface area (Å²) in [5, 5.41) is 29.9. The van der Waals surface area contributed by atoms with Gasteiger partial charge < -0.3 is 4.74 Å². The molecule has 0 aliphatic heterocycles. The summed E-state index contributed by atoms with van der Waals surface area (Å²) in [7, 11) is 0. The number of pyridine rings is 1. The van der Waals surface area contributed by atoms with Crippen LogP contribution in [0.3, 0.4) is 0 Å². The van der Waals surface area contributed by atoms with Gasteiger partial charge in [-0.1, -0.05) is 16.8 Å². The molecule has 0 unspecified atom stereocenters. The Labute approximate surface area is 233 Å². The van der Waals surface area contributed by atoms with E-state index in [2.05, 4.69) is 30.3 Å². The number of aromatic nitrogens is 9. The van der Waals surface area contributed by atoms with Crippen molar-refractivity contribution in [3.63, 3.8) is 0 Å². The highest BCUT2D eigenvalue weighted by Gasteiger charge is 2.29. The highest BCUT2D eigenvalue weighted by Crippen LogP contribution is 2.34. The van der Waals surface area contributed by atoms with E-state index in [-0.39, 0.29) is 40.6 Å². The molecule has 0 bridgehead atoms. The fraction of sp³-hybridized carbons (Fsp3) is 0.250. The van der Waals surface area contributed by atoms with Crippen LogP contribution in [-0.2, 0) is 4.74 Å². The molecule has 0 amide bonds. The quantitative estimate of drug-likeness (QED) is 0.144. The Balaban J connectivity index is 1.55. The Morgan fingerprint density at radius 3 is 2.56 bits per heavy atom. The third-order valence-electron chi connectivity index (χ3n) is 6.18. The second-order valence-electron chi connectivity index (χ2n) is 8.69. The first-order chi connectivity index (χ1) is 19.6. The van der Waals surface area contributed by atoms with Crippen LogP contribution in [0, 0.1) is 12.7 Å². The molecule has 5 aromatic rings. The van der Waals surface area contributed by atoms with Gasteiger partial charge in [0, 0.05) is 17.2 Å². The Morgan fingerprint density at radius 2 is 1.90 bits per heavy atom. The van der Waals surface area contributed by atoms with Crippen LogP contribution < -0.4 is 4.73 Å². The molecule has 0 aliphatic carbocycles. The van der Waals surface area contributed by atoms with E-state index in [1.807, 2.05) is 0 Å². The van der Waals surface area contributed by atoms with E-state index in [0.717, 1.165) is 17.1 Å². The van der Waals surface area contributed by atoms with Crippen LogP contribution in [0.2, 0.25) is 5.02 Å². The summed E-state index contributed by atoms with van der Waals surface area (Å²) < 4.78 is 76.1. The smallest absolute Gasteiger partial charge is 0.323 e. The standard InChI is InChI=1S/C24H20ClF5N9O2/c1-13-33-31-12-36(13)15-8-32-37(10-15)18(6-7-41-24(29)30)19-4-2-14(9-39(19)40)21-20(5-3-16(25)22(21)26)38-11-17(23(27)28)34-35-38/h2-5,8-12,18,23-24,40H,6-7H2,1H3/q+1/t18-/m1/s1. The summed E-state index contributed by atoms with van der Waals surface area (Å²) in [5.41, 5.74) is 0.125. The van der Waals surface area contributed by atoms with Crippen LogP contribution in [0.15, 0.2) is 55.4 Å². The molecule has 1 N–H and O–H groups in total. The largest absolute Gasteiger partial charge is 0.345 e. The molecule has 41 heavy (non-hydrogen) atoms. The summed E-state index contributed by atoms with van der Waals surface area (Å²) in [6, 6.07) is 4.66. The fourth-order valence-corrected chi connectivity index (χ4v) is 4.42. The predicted octanol–water partition coefficient (Wildman–Crippen LogP) is 4.49. The normalized spacial score (nSPS) is 12.5. The van der Waals surface area contributed by atoms with Crippen molar-refractivity contribution in [3.05, 3.63) is 83.4 Å². The van der Waals surface area contributed by atoms with Gasteiger partial charge in [-0.25, -0.2) is 17.9 Å². The molecule has 5 rings (SSSR count). The Hall–Kier alpha value is -4.44. The number of aryl methyl sites for hydroxylation is 1. The van der Waals surface area contributed by atoms with E-state index in [1.165, 1.54) is 41.5 Å². The number of halogens is 6. The number of benzene rings is 1. The van der Waals surface area contributed by atoms with Crippen LogP contribution in [0.1, 0.15) is 36.1 Å². The van der Waals surface area contributed by atoms with Crippen LogP contribution in [0.4, 0.5) is 22.0 Å². The lowest BCUT2D eigenvalue weighted by molar-refractivity contribution is -0.910. The number of rotatable bonds is 10. The summed E-state index contributed by atoms with van der Waals surface area (Å²) >= 11 is 6.01. The number of nitrogens with zero attached hydrogens (tertiary/aromatic N) is 9. The summed E-state index contributed by atoms with van der Waals surface area (Å²) in [4.78, 5) is 0. The zero-order valence-electron chi connectivity index (χ0n) is 21.0. The first-order valence-corrected chi connectivity index (χ1v) is 12.3. The van der Waals surface area contributed by atoms with Gasteiger partial charge in [0.15, 0.2) is 5.82 Å². The lowest BCUT2D eigenvalue weighted by Crippen LogP contribution is -2.38. The lowest BCUT2D eigenvalue weighted by atomic mass is 10.0. The molecule has 0 saturated heterocycles. The van der Waals surface area contributed by atoms with Gasteiger partial charge in [-0.05, 0) is 25.1 Å². The first-order valence-electron chi connectivity index (χ1n) is 11.9. The molecular formula is C24H20ClF5N9O2+. The van der Waals surface area contributed by atoms with Crippen molar-refractivity contribution in [2.45, 2.75) is 32.4 Å². The molecule has 17 heteroatoms. The third kappa shape index (κ3) is 5.74. The topological polar surface area (TPSA) is 113 Å². The van der Waals surface area contributed by atoms with Gasteiger partial charge in [0.1, 0.15) is 23.9 Å². The van der Waals surface area contributed by atoms with Gasteiger partial charge in [0.2, 0.25) is 6.20 Å². The summed E-state index contributed by atoms with van der Waals surface area (Å²) in [5.74, 6) is -0.315. The number of hydrogen-bond donors (Lipinski definition) is 1. The number of ether oxygens (including phenoxy) is 1. The fourth-order valence-electron chi connectivity index (χ4n) is 4.27. The highest BCUT2D eigenvalue weighted by atomic mass is 35.5. The van der Waals surface area contributed by atoms with Gasteiger partial charge in [-0.3, -0.25) is 14.5 Å². The summed E-state index contributed by atoms with van der Waals surface area (Å²) in [6.45, 7) is -1.65. The molecule has 214 valence electrons. The molecule has 11 nitrogen and oxygen atoms in total.